The SMILES string of the molecule is CCOc1ccc(-c2ccc(COC)cc2)c(C(F)F)c1F. The molecule has 0 heterocycles. The number of alkyl halides is 2. The minimum atomic E-state index is -2.92. The van der Waals surface area contributed by atoms with Gasteiger partial charge >= 0.3 is 0 Å². The van der Waals surface area contributed by atoms with Crippen molar-refractivity contribution in [2.75, 3.05) is 13.7 Å². The molecule has 5 heteroatoms. The molecule has 0 bridgehead atoms. The molecule has 0 saturated carbocycles. The summed E-state index contributed by atoms with van der Waals surface area (Å²) in [6.45, 7) is 2.31. The average Bonchev–Trinajstić information content (AvgIpc) is 2.50. The van der Waals surface area contributed by atoms with Crippen molar-refractivity contribution in [3.8, 4) is 16.9 Å². The van der Waals surface area contributed by atoms with Gasteiger partial charge in [0.15, 0.2) is 11.6 Å². The van der Waals surface area contributed by atoms with Crippen LogP contribution in [0.25, 0.3) is 11.1 Å². The second-order valence-corrected chi connectivity index (χ2v) is 4.70. The van der Waals surface area contributed by atoms with Gasteiger partial charge in [0.2, 0.25) is 0 Å². The molecular formula is C17H17F3O2. The van der Waals surface area contributed by atoms with Crippen LogP contribution in [0.2, 0.25) is 0 Å². The lowest BCUT2D eigenvalue weighted by molar-refractivity contribution is 0.145. The van der Waals surface area contributed by atoms with Crippen molar-refractivity contribution in [3.05, 3.63) is 53.3 Å². The molecule has 0 aliphatic heterocycles. The molecule has 0 unspecified atom stereocenters. The fourth-order valence-electron chi connectivity index (χ4n) is 2.25. The highest BCUT2D eigenvalue weighted by molar-refractivity contribution is 5.69. The van der Waals surface area contributed by atoms with Gasteiger partial charge in [0.1, 0.15) is 0 Å². The summed E-state index contributed by atoms with van der Waals surface area (Å²) in [5.74, 6) is -1.16. The largest absolute Gasteiger partial charge is 0.491 e. The summed E-state index contributed by atoms with van der Waals surface area (Å²) in [4.78, 5) is 0. The smallest absolute Gasteiger partial charge is 0.267 e. The number of methoxy groups -OCH3 is 1. The third kappa shape index (κ3) is 3.42. The summed E-state index contributed by atoms with van der Waals surface area (Å²) in [6, 6.07) is 9.72. The molecule has 2 aromatic rings. The molecule has 0 aliphatic carbocycles. The number of benzene rings is 2. The summed E-state index contributed by atoms with van der Waals surface area (Å²) in [5.41, 5.74) is 0.971. The van der Waals surface area contributed by atoms with Gasteiger partial charge in [-0.1, -0.05) is 24.3 Å². The standard InChI is InChI=1S/C17H17F3O2/c1-3-22-14-9-8-13(15(16(14)18)17(19)20)12-6-4-11(5-7-12)10-21-2/h4-9,17H,3,10H2,1-2H3. The zero-order chi connectivity index (χ0) is 16.1. The number of ether oxygens (including phenoxy) is 2. The molecule has 0 aromatic heterocycles. The van der Waals surface area contributed by atoms with Crippen LogP contribution in [0, 0.1) is 5.82 Å². The molecule has 0 aliphatic rings. The van der Waals surface area contributed by atoms with E-state index in [1.165, 1.54) is 12.1 Å². The second-order valence-electron chi connectivity index (χ2n) is 4.70. The zero-order valence-corrected chi connectivity index (χ0v) is 12.4. The predicted octanol–water partition coefficient (Wildman–Crippen LogP) is 4.98. The first-order valence-electron chi connectivity index (χ1n) is 6.90. The van der Waals surface area contributed by atoms with E-state index >= 15 is 0 Å². The minimum absolute atomic E-state index is 0.155. The Hall–Kier alpha value is -2.01. The maximum absolute atomic E-state index is 14.2. The molecule has 2 rings (SSSR count). The van der Waals surface area contributed by atoms with E-state index in [0.717, 1.165) is 5.56 Å². The van der Waals surface area contributed by atoms with Gasteiger partial charge in [-0.25, -0.2) is 13.2 Å². The Labute approximate surface area is 127 Å². The first-order chi connectivity index (χ1) is 10.6. The lowest BCUT2D eigenvalue weighted by atomic mass is 9.98. The topological polar surface area (TPSA) is 18.5 Å². The van der Waals surface area contributed by atoms with Gasteiger partial charge in [-0.2, -0.15) is 0 Å². The van der Waals surface area contributed by atoms with Gasteiger partial charge in [-0.05, 0) is 35.7 Å². The molecule has 0 atom stereocenters. The number of halogens is 3. The Morgan fingerprint density at radius 3 is 2.27 bits per heavy atom. The highest BCUT2D eigenvalue weighted by Gasteiger charge is 2.22. The molecule has 22 heavy (non-hydrogen) atoms. The highest BCUT2D eigenvalue weighted by atomic mass is 19.3. The Bertz CT molecular complexity index is 625. The molecule has 0 radical (unpaired) electrons. The lowest BCUT2D eigenvalue weighted by Crippen LogP contribution is -2.01. The van der Waals surface area contributed by atoms with Crippen molar-refractivity contribution in [2.45, 2.75) is 20.0 Å². The normalized spacial score (nSPS) is 11.0. The second kappa shape index (κ2) is 7.31. The molecule has 2 nitrogen and oxygen atoms in total. The molecule has 0 N–H and O–H groups in total. The van der Waals surface area contributed by atoms with Gasteiger partial charge in [0.25, 0.3) is 6.43 Å². The van der Waals surface area contributed by atoms with Gasteiger partial charge in [-0.3, -0.25) is 0 Å². The Morgan fingerprint density at radius 2 is 1.73 bits per heavy atom. The highest BCUT2D eigenvalue weighted by Crippen LogP contribution is 2.37. The average molecular weight is 310 g/mol. The van der Waals surface area contributed by atoms with E-state index in [9.17, 15) is 13.2 Å². The zero-order valence-electron chi connectivity index (χ0n) is 12.4. The molecule has 0 saturated heterocycles. The maximum atomic E-state index is 14.2. The van der Waals surface area contributed by atoms with Gasteiger partial charge in [0, 0.05) is 7.11 Å². The molecule has 0 amide bonds. The minimum Gasteiger partial charge on any atom is -0.491 e. The third-order valence-electron chi connectivity index (χ3n) is 3.24. The third-order valence-corrected chi connectivity index (χ3v) is 3.24. The van der Waals surface area contributed by atoms with Crippen LogP contribution in [0.4, 0.5) is 13.2 Å². The van der Waals surface area contributed by atoms with Crippen LogP contribution < -0.4 is 4.74 Å². The fourth-order valence-corrected chi connectivity index (χ4v) is 2.25. The van der Waals surface area contributed by atoms with Crippen molar-refractivity contribution < 1.29 is 22.6 Å². The van der Waals surface area contributed by atoms with E-state index in [0.29, 0.717) is 12.2 Å². The van der Waals surface area contributed by atoms with Crippen LogP contribution in [0.5, 0.6) is 5.75 Å². The molecule has 0 spiro atoms. The van der Waals surface area contributed by atoms with Crippen LogP contribution >= 0.6 is 0 Å². The van der Waals surface area contributed by atoms with Crippen molar-refractivity contribution >= 4 is 0 Å². The van der Waals surface area contributed by atoms with Crippen LogP contribution in [-0.2, 0) is 11.3 Å². The maximum Gasteiger partial charge on any atom is 0.267 e. The summed E-state index contributed by atoms with van der Waals surface area (Å²) < 4.78 is 50.8. The van der Waals surface area contributed by atoms with E-state index in [-0.39, 0.29) is 17.9 Å². The van der Waals surface area contributed by atoms with Crippen molar-refractivity contribution in [1.82, 2.24) is 0 Å². The summed E-state index contributed by atoms with van der Waals surface area (Å²) >= 11 is 0. The number of rotatable bonds is 6. The molecule has 118 valence electrons. The van der Waals surface area contributed by atoms with E-state index in [1.54, 1.807) is 38.3 Å². The molecule has 0 fully saturated rings. The van der Waals surface area contributed by atoms with Crippen molar-refractivity contribution in [1.29, 1.82) is 0 Å². The van der Waals surface area contributed by atoms with Gasteiger partial charge in [0.05, 0.1) is 18.8 Å². The first-order valence-corrected chi connectivity index (χ1v) is 6.90. The summed E-state index contributed by atoms with van der Waals surface area (Å²) in [5, 5.41) is 0. The van der Waals surface area contributed by atoms with Gasteiger partial charge in [-0.15, -0.1) is 0 Å². The lowest BCUT2D eigenvalue weighted by Gasteiger charge is -2.14. The number of hydrogen-bond donors (Lipinski definition) is 0. The number of hydrogen-bond acceptors (Lipinski definition) is 2. The van der Waals surface area contributed by atoms with Crippen LogP contribution in [0.1, 0.15) is 24.5 Å². The molecule has 2 aromatic carbocycles. The van der Waals surface area contributed by atoms with Crippen LogP contribution in [0.15, 0.2) is 36.4 Å². The first kappa shape index (κ1) is 16.4. The predicted molar refractivity (Wildman–Crippen MR) is 78.7 cm³/mol. The van der Waals surface area contributed by atoms with Gasteiger partial charge < -0.3 is 9.47 Å². The van der Waals surface area contributed by atoms with Crippen LogP contribution in [0.3, 0.4) is 0 Å². The summed E-state index contributed by atoms with van der Waals surface area (Å²) in [6.07, 6.45) is -2.92. The quantitative estimate of drug-likeness (QED) is 0.749. The van der Waals surface area contributed by atoms with E-state index < -0.39 is 17.8 Å². The van der Waals surface area contributed by atoms with E-state index in [4.69, 9.17) is 9.47 Å². The Morgan fingerprint density at radius 1 is 1.05 bits per heavy atom. The monoisotopic (exact) mass is 310 g/mol. The van der Waals surface area contributed by atoms with Crippen molar-refractivity contribution in [2.24, 2.45) is 0 Å². The van der Waals surface area contributed by atoms with E-state index in [1.807, 2.05) is 0 Å². The van der Waals surface area contributed by atoms with E-state index in [2.05, 4.69) is 0 Å². The summed E-state index contributed by atoms with van der Waals surface area (Å²) in [7, 11) is 1.57. The molecular weight excluding hydrogens is 293 g/mol. The van der Waals surface area contributed by atoms with Crippen LogP contribution in [-0.4, -0.2) is 13.7 Å². The van der Waals surface area contributed by atoms with Crippen molar-refractivity contribution in [3.63, 3.8) is 0 Å². The Balaban J connectivity index is 2.47. The Kier molecular flexibility index (Phi) is 5.44. The fraction of sp³-hybridized carbons (Fsp3) is 0.294.